The molecule has 0 N–H and O–H groups in total. The highest BCUT2D eigenvalue weighted by atomic mass is 79.9. The van der Waals surface area contributed by atoms with E-state index in [0.29, 0.717) is 11.3 Å². The van der Waals surface area contributed by atoms with Gasteiger partial charge in [0.25, 0.3) is 0 Å². The third-order valence-electron chi connectivity index (χ3n) is 3.92. The number of ketones is 1. The molecule has 28 heavy (non-hydrogen) atoms. The Balaban J connectivity index is 1.44. The van der Waals surface area contributed by atoms with Crippen LogP contribution in [0.3, 0.4) is 0 Å². The van der Waals surface area contributed by atoms with E-state index in [1.165, 1.54) is 11.8 Å². The fourth-order valence-corrected chi connectivity index (χ4v) is 5.32. The van der Waals surface area contributed by atoms with Crippen LogP contribution in [0.15, 0.2) is 63.4 Å². The van der Waals surface area contributed by atoms with Gasteiger partial charge in [0.1, 0.15) is 15.7 Å². The van der Waals surface area contributed by atoms with Gasteiger partial charge in [0.2, 0.25) is 0 Å². The van der Waals surface area contributed by atoms with Crippen molar-refractivity contribution in [3.8, 4) is 20.5 Å². The molecule has 0 fully saturated rings. The Morgan fingerprint density at radius 3 is 2.61 bits per heavy atom. The van der Waals surface area contributed by atoms with Gasteiger partial charge in [-0.3, -0.25) is 4.79 Å². The van der Waals surface area contributed by atoms with Crippen molar-refractivity contribution >= 4 is 56.1 Å². The molecular weight excluding hydrogens is 474 g/mol. The van der Waals surface area contributed by atoms with Crippen molar-refractivity contribution in [2.45, 2.75) is 11.9 Å². The average molecular weight is 488 g/mol. The van der Waals surface area contributed by atoms with Gasteiger partial charge in [-0.2, -0.15) is 0 Å². The molecule has 140 valence electrons. The van der Waals surface area contributed by atoms with Crippen LogP contribution in [-0.2, 0) is 0 Å². The third-order valence-corrected chi connectivity index (χ3v) is 7.59. The van der Waals surface area contributed by atoms with Crippen molar-refractivity contribution in [3.05, 3.63) is 69.6 Å². The largest absolute Gasteiger partial charge is 0.293 e. The normalized spacial score (nSPS) is 10.9. The average Bonchev–Trinajstić information content (AvgIpc) is 3.37. The molecule has 0 bridgehead atoms. The number of thiophene rings is 1. The van der Waals surface area contributed by atoms with Gasteiger partial charge in [-0.1, -0.05) is 45.9 Å². The quantitative estimate of drug-likeness (QED) is 0.233. The lowest BCUT2D eigenvalue weighted by molar-refractivity contribution is 0.102. The number of nitrogens with zero attached hydrogens (tertiary/aromatic N) is 3. The van der Waals surface area contributed by atoms with E-state index in [9.17, 15) is 4.79 Å². The second-order valence-electron chi connectivity index (χ2n) is 5.89. The van der Waals surface area contributed by atoms with Gasteiger partial charge in [-0.05, 0) is 42.6 Å². The van der Waals surface area contributed by atoms with Gasteiger partial charge in [0, 0.05) is 10.0 Å². The van der Waals surface area contributed by atoms with E-state index in [0.717, 1.165) is 35.6 Å². The Hall–Kier alpha value is -1.87. The summed E-state index contributed by atoms with van der Waals surface area (Å²) in [6.45, 7) is 1.99. The van der Waals surface area contributed by atoms with Crippen LogP contribution in [0.25, 0.3) is 20.5 Å². The van der Waals surface area contributed by atoms with E-state index in [1.807, 2.05) is 54.8 Å². The summed E-state index contributed by atoms with van der Waals surface area (Å²) in [5.41, 5.74) is 2.46. The molecule has 4 rings (SSSR count). The number of aryl methyl sites for hydroxylation is 1. The lowest BCUT2D eigenvalue weighted by Gasteiger charge is -2.02. The minimum atomic E-state index is 0.0715. The molecule has 0 amide bonds. The van der Waals surface area contributed by atoms with E-state index in [1.54, 1.807) is 22.7 Å². The van der Waals surface area contributed by atoms with Crippen LogP contribution >= 0.6 is 50.4 Å². The SMILES string of the molecule is Cc1nc(-c2cccs2)sc1-c1ccc(SCC(=O)c2ccc(Br)cc2)nn1. The van der Waals surface area contributed by atoms with Crippen molar-refractivity contribution in [1.82, 2.24) is 15.2 Å². The summed E-state index contributed by atoms with van der Waals surface area (Å²) in [5, 5.41) is 12.4. The number of benzene rings is 1. The first-order valence-electron chi connectivity index (χ1n) is 8.37. The van der Waals surface area contributed by atoms with Crippen molar-refractivity contribution in [2.75, 3.05) is 5.75 Å². The second kappa shape index (κ2) is 8.65. The molecule has 0 spiro atoms. The van der Waals surface area contributed by atoms with Crippen LogP contribution in [0.5, 0.6) is 0 Å². The summed E-state index contributed by atoms with van der Waals surface area (Å²) in [5.74, 6) is 0.403. The number of carbonyl (C=O) groups excluding carboxylic acids is 1. The number of aromatic nitrogens is 3. The first-order valence-corrected chi connectivity index (χ1v) is 11.8. The van der Waals surface area contributed by atoms with Gasteiger partial charge < -0.3 is 0 Å². The molecule has 3 aromatic heterocycles. The van der Waals surface area contributed by atoms with Crippen LogP contribution in [-0.4, -0.2) is 26.7 Å². The molecule has 0 saturated carbocycles. The smallest absolute Gasteiger partial charge is 0.173 e. The molecular formula is C20H14BrN3OS3. The Kier molecular flexibility index (Phi) is 6.01. The zero-order valence-electron chi connectivity index (χ0n) is 14.8. The van der Waals surface area contributed by atoms with E-state index in [2.05, 4.69) is 37.2 Å². The Morgan fingerprint density at radius 2 is 1.93 bits per heavy atom. The summed E-state index contributed by atoms with van der Waals surface area (Å²) >= 11 is 8.07. The number of hydrogen-bond acceptors (Lipinski definition) is 7. The molecule has 0 saturated heterocycles. The number of thiazole rings is 1. The van der Waals surface area contributed by atoms with Crippen LogP contribution in [0.2, 0.25) is 0 Å². The monoisotopic (exact) mass is 487 g/mol. The summed E-state index contributed by atoms with van der Waals surface area (Å²) in [6, 6.07) is 15.3. The number of hydrogen-bond donors (Lipinski definition) is 0. The number of Topliss-reactive ketones (excluding diaryl/α,β-unsaturated/α-hetero) is 1. The zero-order valence-corrected chi connectivity index (χ0v) is 18.8. The summed E-state index contributed by atoms with van der Waals surface area (Å²) < 4.78 is 0.957. The van der Waals surface area contributed by atoms with Crippen molar-refractivity contribution in [2.24, 2.45) is 0 Å². The van der Waals surface area contributed by atoms with Gasteiger partial charge in [-0.15, -0.1) is 32.9 Å². The van der Waals surface area contributed by atoms with E-state index in [-0.39, 0.29) is 5.78 Å². The Labute approximate surface area is 183 Å². The van der Waals surface area contributed by atoms with E-state index >= 15 is 0 Å². The highest BCUT2D eigenvalue weighted by Gasteiger charge is 2.14. The molecule has 1 aromatic carbocycles. The molecule has 0 aliphatic heterocycles. The zero-order chi connectivity index (χ0) is 19.5. The molecule has 0 unspecified atom stereocenters. The molecule has 0 radical (unpaired) electrons. The molecule has 8 heteroatoms. The predicted octanol–water partition coefficient (Wildman–Crippen LogP) is 6.37. The highest BCUT2D eigenvalue weighted by molar-refractivity contribution is 9.10. The summed E-state index contributed by atoms with van der Waals surface area (Å²) in [4.78, 5) is 19.1. The minimum Gasteiger partial charge on any atom is -0.293 e. The molecule has 0 aliphatic rings. The van der Waals surface area contributed by atoms with Gasteiger partial charge in [0.15, 0.2) is 5.78 Å². The van der Waals surface area contributed by atoms with Crippen LogP contribution < -0.4 is 0 Å². The minimum absolute atomic E-state index is 0.0715. The first-order chi connectivity index (χ1) is 13.6. The Bertz CT molecular complexity index is 1090. The lowest BCUT2D eigenvalue weighted by atomic mass is 10.2. The molecule has 3 heterocycles. The second-order valence-corrected chi connectivity index (χ2v) is 9.74. The number of thioether (sulfide) groups is 1. The maximum atomic E-state index is 12.3. The Morgan fingerprint density at radius 1 is 1.11 bits per heavy atom. The first kappa shape index (κ1) is 19.4. The van der Waals surface area contributed by atoms with E-state index in [4.69, 9.17) is 0 Å². The fourth-order valence-electron chi connectivity index (χ4n) is 2.52. The van der Waals surface area contributed by atoms with Gasteiger partial charge in [0.05, 0.1) is 21.2 Å². The van der Waals surface area contributed by atoms with Crippen LogP contribution in [0.1, 0.15) is 16.1 Å². The van der Waals surface area contributed by atoms with Crippen molar-refractivity contribution < 1.29 is 4.79 Å². The fraction of sp³-hybridized carbons (Fsp3) is 0.100. The van der Waals surface area contributed by atoms with Crippen LogP contribution in [0, 0.1) is 6.92 Å². The number of rotatable bonds is 6. The summed E-state index contributed by atoms with van der Waals surface area (Å²) in [7, 11) is 0. The molecule has 4 nitrogen and oxygen atoms in total. The third kappa shape index (κ3) is 4.41. The molecule has 0 aliphatic carbocycles. The van der Waals surface area contributed by atoms with Gasteiger partial charge >= 0.3 is 0 Å². The lowest BCUT2D eigenvalue weighted by Crippen LogP contribution is -2.02. The van der Waals surface area contributed by atoms with E-state index < -0.39 is 0 Å². The summed E-state index contributed by atoms with van der Waals surface area (Å²) in [6.07, 6.45) is 0. The van der Waals surface area contributed by atoms with Gasteiger partial charge in [-0.25, -0.2) is 4.98 Å². The van der Waals surface area contributed by atoms with Crippen molar-refractivity contribution in [1.29, 1.82) is 0 Å². The molecule has 4 aromatic rings. The molecule has 0 atom stereocenters. The standard InChI is InChI=1S/C20H14BrN3OS3/c1-12-19(28-20(22-12)17-3-2-10-26-17)15-8-9-18(24-23-15)27-11-16(25)13-4-6-14(21)7-5-13/h2-10H,11H2,1H3. The topological polar surface area (TPSA) is 55.7 Å². The predicted molar refractivity (Wildman–Crippen MR) is 120 cm³/mol. The highest BCUT2D eigenvalue weighted by Crippen LogP contribution is 2.36. The maximum absolute atomic E-state index is 12.3. The van der Waals surface area contributed by atoms with Crippen molar-refractivity contribution in [3.63, 3.8) is 0 Å². The maximum Gasteiger partial charge on any atom is 0.173 e. The van der Waals surface area contributed by atoms with Crippen LogP contribution in [0.4, 0.5) is 0 Å². The number of halogens is 1. The number of carbonyl (C=O) groups is 1.